The monoisotopic (exact) mass is 354 g/mol. The van der Waals surface area contributed by atoms with Crippen molar-refractivity contribution in [2.24, 2.45) is 0 Å². The molecule has 1 N–H and O–H groups in total. The van der Waals surface area contributed by atoms with E-state index >= 15 is 0 Å². The molecule has 0 amide bonds. The van der Waals surface area contributed by atoms with Crippen LogP contribution < -0.4 is 5.32 Å². The van der Waals surface area contributed by atoms with Gasteiger partial charge in [-0.05, 0) is 35.4 Å². The molecule has 0 radical (unpaired) electrons. The summed E-state index contributed by atoms with van der Waals surface area (Å²) < 4.78 is 1.07. The molecule has 2 heterocycles. The number of rotatable bonds is 2. The summed E-state index contributed by atoms with van der Waals surface area (Å²) >= 11 is 2.27. The number of hydrogen-bond donors (Lipinski definition) is 1. The second-order valence-electron chi connectivity index (χ2n) is 4.73. The first-order chi connectivity index (χ1) is 8.83. The average Bonchev–Trinajstić information content (AvgIpc) is 2.41. The summed E-state index contributed by atoms with van der Waals surface area (Å²) in [7, 11) is 0. The number of anilines is 1. The van der Waals surface area contributed by atoms with Crippen molar-refractivity contribution in [1.82, 2.24) is 15.0 Å². The van der Waals surface area contributed by atoms with Crippen LogP contribution in [0.15, 0.2) is 18.6 Å². The zero-order chi connectivity index (χ0) is 12.4. The van der Waals surface area contributed by atoms with Crippen LogP contribution in [-0.2, 0) is 0 Å². The maximum atomic E-state index is 4.60. The molecule has 1 aliphatic rings. The van der Waals surface area contributed by atoms with Gasteiger partial charge in [0.1, 0.15) is 0 Å². The Labute approximate surface area is 120 Å². The smallest absolute Gasteiger partial charge is 0.223 e. The van der Waals surface area contributed by atoms with Crippen LogP contribution in [0, 0.1) is 3.57 Å². The second kappa shape index (κ2) is 5.34. The van der Waals surface area contributed by atoms with Crippen molar-refractivity contribution < 1.29 is 0 Å². The van der Waals surface area contributed by atoms with Crippen LogP contribution in [0.25, 0.3) is 10.9 Å². The Kier molecular flexibility index (Phi) is 3.58. The van der Waals surface area contributed by atoms with Crippen molar-refractivity contribution in [3.63, 3.8) is 0 Å². The average molecular weight is 354 g/mol. The van der Waals surface area contributed by atoms with Gasteiger partial charge in [-0.1, -0.05) is 19.3 Å². The highest BCUT2D eigenvalue weighted by Crippen LogP contribution is 2.22. The predicted octanol–water partition coefficient (Wildman–Crippen LogP) is 3.37. The molecule has 2 aromatic rings. The first-order valence-corrected chi connectivity index (χ1v) is 7.43. The Morgan fingerprint density at radius 1 is 1.11 bits per heavy atom. The van der Waals surface area contributed by atoms with E-state index < -0.39 is 0 Å². The zero-order valence-corrected chi connectivity index (χ0v) is 12.2. The Bertz CT molecular complexity index is 552. The van der Waals surface area contributed by atoms with E-state index in [1.807, 2.05) is 18.6 Å². The first kappa shape index (κ1) is 12.1. The third-order valence-corrected chi connectivity index (χ3v) is 4.17. The van der Waals surface area contributed by atoms with E-state index in [2.05, 4.69) is 42.9 Å². The minimum Gasteiger partial charge on any atom is -0.351 e. The van der Waals surface area contributed by atoms with E-state index in [4.69, 9.17) is 0 Å². The highest BCUT2D eigenvalue weighted by molar-refractivity contribution is 14.1. The second-order valence-corrected chi connectivity index (χ2v) is 5.89. The fraction of sp³-hybridized carbons (Fsp3) is 0.462. The van der Waals surface area contributed by atoms with Gasteiger partial charge in [-0.2, -0.15) is 0 Å². The molecule has 3 rings (SSSR count). The van der Waals surface area contributed by atoms with Crippen LogP contribution in [0.4, 0.5) is 5.95 Å². The molecule has 0 aliphatic heterocycles. The summed E-state index contributed by atoms with van der Waals surface area (Å²) in [5, 5.41) is 4.45. The summed E-state index contributed by atoms with van der Waals surface area (Å²) in [6.07, 6.45) is 11.9. The molecule has 1 fully saturated rings. The molecule has 18 heavy (non-hydrogen) atoms. The van der Waals surface area contributed by atoms with Crippen LogP contribution >= 0.6 is 22.6 Å². The van der Waals surface area contributed by atoms with Gasteiger partial charge in [0.05, 0.1) is 9.09 Å². The summed E-state index contributed by atoms with van der Waals surface area (Å²) in [5.41, 5.74) is 0.985. The summed E-state index contributed by atoms with van der Waals surface area (Å²) in [6.45, 7) is 0. The van der Waals surface area contributed by atoms with Crippen molar-refractivity contribution in [2.45, 2.75) is 38.1 Å². The van der Waals surface area contributed by atoms with Crippen LogP contribution in [0.5, 0.6) is 0 Å². The van der Waals surface area contributed by atoms with Crippen LogP contribution in [0.2, 0.25) is 0 Å². The fourth-order valence-electron chi connectivity index (χ4n) is 2.42. The minimum absolute atomic E-state index is 0.538. The largest absolute Gasteiger partial charge is 0.351 e. The third-order valence-electron chi connectivity index (χ3n) is 3.38. The lowest BCUT2D eigenvalue weighted by molar-refractivity contribution is 0.461. The maximum Gasteiger partial charge on any atom is 0.223 e. The van der Waals surface area contributed by atoms with Gasteiger partial charge in [0.15, 0.2) is 0 Å². The van der Waals surface area contributed by atoms with Gasteiger partial charge in [-0.25, -0.2) is 9.97 Å². The van der Waals surface area contributed by atoms with Gasteiger partial charge >= 0.3 is 0 Å². The molecule has 94 valence electrons. The molecule has 4 nitrogen and oxygen atoms in total. The first-order valence-electron chi connectivity index (χ1n) is 6.36. The fourth-order valence-corrected chi connectivity index (χ4v) is 3.01. The molecule has 0 spiro atoms. The van der Waals surface area contributed by atoms with Gasteiger partial charge in [0.2, 0.25) is 5.95 Å². The molecule has 0 saturated heterocycles. The van der Waals surface area contributed by atoms with Crippen molar-refractivity contribution in [2.75, 3.05) is 5.32 Å². The summed E-state index contributed by atoms with van der Waals surface area (Å²) in [5.74, 6) is 0.749. The van der Waals surface area contributed by atoms with Crippen LogP contribution in [0.1, 0.15) is 32.1 Å². The van der Waals surface area contributed by atoms with Crippen molar-refractivity contribution in [3.8, 4) is 0 Å². The number of nitrogens with zero attached hydrogens (tertiary/aromatic N) is 3. The number of hydrogen-bond acceptors (Lipinski definition) is 4. The van der Waals surface area contributed by atoms with Gasteiger partial charge < -0.3 is 5.32 Å². The molecule has 2 aromatic heterocycles. The molecular weight excluding hydrogens is 339 g/mol. The Balaban J connectivity index is 1.86. The van der Waals surface area contributed by atoms with E-state index in [-0.39, 0.29) is 0 Å². The van der Waals surface area contributed by atoms with E-state index in [1.165, 1.54) is 32.1 Å². The van der Waals surface area contributed by atoms with E-state index in [9.17, 15) is 0 Å². The van der Waals surface area contributed by atoms with E-state index in [1.54, 1.807) is 0 Å². The SMILES string of the molecule is Ic1cncc2cnc(NC3CCCCC3)nc12. The number of fused-ring (bicyclic) bond motifs is 1. The highest BCUT2D eigenvalue weighted by atomic mass is 127. The zero-order valence-electron chi connectivity index (χ0n) is 10.1. The lowest BCUT2D eigenvalue weighted by Crippen LogP contribution is -2.23. The maximum absolute atomic E-state index is 4.60. The van der Waals surface area contributed by atoms with Gasteiger partial charge in [-0.15, -0.1) is 0 Å². The topological polar surface area (TPSA) is 50.7 Å². The van der Waals surface area contributed by atoms with Crippen LogP contribution in [-0.4, -0.2) is 21.0 Å². The van der Waals surface area contributed by atoms with Crippen molar-refractivity contribution >= 4 is 39.4 Å². The summed E-state index contributed by atoms with van der Waals surface area (Å²) in [6, 6.07) is 0.538. The van der Waals surface area contributed by atoms with E-state index in [0.29, 0.717) is 6.04 Å². The number of nitrogens with one attached hydrogen (secondary N) is 1. The normalized spacial score (nSPS) is 16.9. The number of aromatic nitrogens is 3. The Hall–Kier alpha value is -0.980. The lowest BCUT2D eigenvalue weighted by atomic mass is 9.96. The van der Waals surface area contributed by atoms with Gasteiger partial charge in [0.25, 0.3) is 0 Å². The van der Waals surface area contributed by atoms with Crippen molar-refractivity contribution in [1.29, 1.82) is 0 Å². The number of pyridine rings is 1. The third kappa shape index (κ3) is 2.55. The highest BCUT2D eigenvalue weighted by Gasteiger charge is 2.14. The molecule has 1 saturated carbocycles. The molecule has 0 atom stereocenters. The predicted molar refractivity (Wildman–Crippen MR) is 80.5 cm³/mol. The Morgan fingerprint density at radius 3 is 2.78 bits per heavy atom. The van der Waals surface area contributed by atoms with Crippen molar-refractivity contribution in [3.05, 3.63) is 22.2 Å². The Morgan fingerprint density at radius 2 is 1.94 bits per heavy atom. The quantitative estimate of drug-likeness (QED) is 0.841. The summed E-state index contributed by atoms with van der Waals surface area (Å²) in [4.78, 5) is 13.1. The van der Waals surface area contributed by atoms with Gasteiger partial charge in [-0.3, -0.25) is 4.98 Å². The molecule has 5 heteroatoms. The van der Waals surface area contributed by atoms with E-state index in [0.717, 1.165) is 20.4 Å². The molecule has 1 aliphatic carbocycles. The lowest BCUT2D eigenvalue weighted by Gasteiger charge is -2.22. The minimum atomic E-state index is 0.538. The molecule has 0 aromatic carbocycles. The van der Waals surface area contributed by atoms with Crippen LogP contribution in [0.3, 0.4) is 0 Å². The standard InChI is InChI=1S/C13H15IN4/c14-11-8-15-6-9-7-16-13(18-12(9)11)17-10-4-2-1-3-5-10/h6-8,10H,1-5H2,(H,16,17,18). The molecule has 0 unspecified atom stereocenters. The van der Waals surface area contributed by atoms with Gasteiger partial charge in [0, 0.05) is 30.0 Å². The molecule has 0 bridgehead atoms. The number of halogens is 1. The molecular formula is C13H15IN4.